The molecule has 2 N–H and O–H groups in total. The number of pyridine rings is 1. The Morgan fingerprint density at radius 2 is 2.12 bits per heavy atom. The third-order valence-electron chi connectivity index (χ3n) is 2.88. The van der Waals surface area contributed by atoms with Gasteiger partial charge in [0.1, 0.15) is 5.82 Å². The first kappa shape index (κ1) is 10.9. The van der Waals surface area contributed by atoms with Crippen LogP contribution in [-0.2, 0) is 11.2 Å². The molecule has 0 aliphatic heterocycles. The van der Waals surface area contributed by atoms with E-state index in [4.69, 9.17) is 5.73 Å². The number of nitrogens with two attached hydrogens (primary N) is 1. The van der Waals surface area contributed by atoms with Gasteiger partial charge in [-0.15, -0.1) is 0 Å². The predicted octanol–water partition coefficient (Wildman–Crippen LogP) is 2.28. The van der Waals surface area contributed by atoms with E-state index < -0.39 is 0 Å². The highest BCUT2D eigenvalue weighted by molar-refractivity contribution is 5.90. The van der Waals surface area contributed by atoms with Crippen molar-refractivity contribution in [2.24, 2.45) is 0 Å². The number of carbonyl (C=O) groups excluding carboxylic acids is 1. The monoisotopic (exact) mass is 216 g/mol. The van der Waals surface area contributed by atoms with Crippen molar-refractivity contribution in [1.29, 1.82) is 0 Å². The van der Waals surface area contributed by atoms with Gasteiger partial charge in [0, 0.05) is 12.6 Å². The van der Waals surface area contributed by atoms with Crippen LogP contribution in [0.2, 0.25) is 0 Å². The SMILES string of the molecule is Nc1ncccc1CC1=CC(=O)CCCC1. The number of ketones is 1. The first-order chi connectivity index (χ1) is 7.75. The van der Waals surface area contributed by atoms with Crippen molar-refractivity contribution in [1.82, 2.24) is 4.98 Å². The van der Waals surface area contributed by atoms with E-state index in [-0.39, 0.29) is 5.78 Å². The smallest absolute Gasteiger partial charge is 0.155 e. The number of aromatic nitrogens is 1. The number of hydrogen-bond acceptors (Lipinski definition) is 3. The molecule has 1 aromatic rings. The predicted molar refractivity (Wildman–Crippen MR) is 63.9 cm³/mol. The fourth-order valence-corrected chi connectivity index (χ4v) is 2.01. The molecule has 0 fully saturated rings. The molecule has 16 heavy (non-hydrogen) atoms. The molecule has 0 radical (unpaired) electrons. The average Bonchev–Trinajstić information content (AvgIpc) is 2.46. The van der Waals surface area contributed by atoms with Gasteiger partial charge in [-0.3, -0.25) is 4.79 Å². The molecule has 0 atom stereocenters. The standard InChI is InChI=1S/C13H16N2O/c14-13-11(5-3-7-15-13)8-10-4-1-2-6-12(16)9-10/h3,5,7,9H,1-2,4,6,8H2,(H2,14,15). The zero-order chi connectivity index (χ0) is 11.4. The normalized spacial score (nSPS) is 16.8. The van der Waals surface area contributed by atoms with Gasteiger partial charge in [0.15, 0.2) is 5.78 Å². The van der Waals surface area contributed by atoms with Crippen LogP contribution in [-0.4, -0.2) is 10.8 Å². The van der Waals surface area contributed by atoms with Crippen LogP contribution in [0.5, 0.6) is 0 Å². The molecule has 3 heteroatoms. The van der Waals surface area contributed by atoms with E-state index >= 15 is 0 Å². The number of rotatable bonds is 2. The Morgan fingerprint density at radius 1 is 1.31 bits per heavy atom. The van der Waals surface area contributed by atoms with Crippen molar-refractivity contribution in [3.05, 3.63) is 35.5 Å². The van der Waals surface area contributed by atoms with Crippen molar-refractivity contribution in [2.75, 3.05) is 5.73 Å². The maximum absolute atomic E-state index is 11.4. The summed E-state index contributed by atoms with van der Waals surface area (Å²) in [6, 6.07) is 3.85. The molecule has 1 heterocycles. The second kappa shape index (κ2) is 4.92. The molecule has 0 unspecified atom stereocenters. The Hall–Kier alpha value is -1.64. The summed E-state index contributed by atoms with van der Waals surface area (Å²) in [5.41, 5.74) is 7.99. The highest BCUT2D eigenvalue weighted by Gasteiger charge is 2.10. The molecule has 0 spiro atoms. The third kappa shape index (κ3) is 2.69. The van der Waals surface area contributed by atoms with Crippen molar-refractivity contribution < 1.29 is 4.79 Å². The summed E-state index contributed by atoms with van der Waals surface area (Å²) in [5, 5.41) is 0. The Labute approximate surface area is 95.4 Å². The van der Waals surface area contributed by atoms with Crippen LogP contribution in [0.3, 0.4) is 0 Å². The van der Waals surface area contributed by atoms with Gasteiger partial charge in [0.05, 0.1) is 0 Å². The first-order valence-electron chi connectivity index (χ1n) is 5.67. The molecule has 0 bridgehead atoms. The molecule has 2 rings (SSSR count). The Bertz CT molecular complexity index is 424. The molecule has 1 aliphatic rings. The lowest BCUT2D eigenvalue weighted by Crippen LogP contribution is -2.00. The molecule has 3 nitrogen and oxygen atoms in total. The molecule has 84 valence electrons. The number of allylic oxidation sites excluding steroid dienone is 2. The lowest BCUT2D eigenvalue weighted by molar-refractivity contribution is -0.114. The Morgan fingerprint density at radius 3 is 2.94 bits per heavy atom. The van der Waals surface area contributed by atoms with Crippen molar-refractivity contribution in [3.8, 4) is 0 Å². The van der Waals surface area contributed by atoms with Gasteiger partial charge in [-0.05, 0) is 43.4 Å². The Balaban J connectivity index is 2.14. The van der Waals surface area contributed by atoms with E-state index in [1.807, 2.05) is 12.1 Å². The quantitative estimate of drug-likeness (QED) is 0.825. The van der Waals surface area contributed by atoms with Crippen LogP contribution < -0.4 is 5.73 Å². The van der Waals surface area contributed by atoms with E-state index in [0.29, 0.717) is 12.2 Å². The molecular formula is C13H16N2O. The number of nitrogens with zero attached hydrogens (tertiary/aromatic N) is 1. The minimum atomic E-state index is 0.245. The average molecular weight is 216 g/mol. The fraction of sp³-hybridized carbons (Fsp3) is 0.385. The van der Waals surface area contributed by atoms with Crippen LogP contribution in [0.15, 0.2) is 30.0 Å². The number of nitrogen functional groups attached to an aromatic ring is 1. The van der Waals surface area contributed by atoms with Crippen LogP contribution in [0.25, 0.3) is 0 Å². The lowest BCUT2D eigenvalue weighted by atomic mass is 10.0. The van der Waals surface area contributed by atoms with Crippen LogP contribution in [0.4, 0.5) is 5.82 Å². The molecule has 0 saturated carbocycles. The second-order valence-corrected chi connectivity index (χ2v) is 4.20. The van der Waals surface area contributed by atoms with Gasteiger partial charge >= 0.3 is 0 Å². The van der Waals surface area contributed by atoms with E-state index in [1.54, 1.807) is 12.3 Å². The first-order valence-corrected chi connectivity index (χ1v) is 5.67. The van der Waals surface area contributed by atoms with Gasteiger partial charge in [-0.1, -0.05) is 11.6 Å². The topological polar surface area (TPSA) is 56.0 Å². The zero-order valence-electron chi connectivity index (χ0n) is 9.28. The zero-order valence-corrected chi connectivity index (χ0v) is 9.28. The number of carbonyl (C=O) groups is 1. The van der Waals surface area contributed by atoms with Gasteiger partial charge in [-0.2, -0.15) is 0 Å². The van der Waals surface area contributed by atoms with Crippen LogP contribution in [0, 0.1) is 0 Å². The minimum Gasteiger partial charge on any atom is -0.383 e. The van der Waals surface area contributed by atoms with Crippen LogP contribution in [0.1, 0.15) is 31.2 Å². The third-order valence-corrected chi connectivity index (χ3v) is 2.88. The van der Waals surface area contributed by atoms with Gasteiger partial charge < -0.3 is 5.73 Å². The lowest BCUT2D eigenvalue weighted by Gasteiger charge is -2.06. The summed E-state index contributed by atoms with van der Waals surface area (Å²) >= 11 is 0. The van der Waals surface area contributed by atoms with E-state index in [9.17, 15) is 4.79 Å². The molecule has 0 saturated heterocycles. The maximum atomic E-state index is 11.4. The van der Waals surface area contributed by atoms with E-state index in [1.165, 1.54) is 5.57 Å². The highest BCUT2D eigenvalue weighted by atomic mass is 16.1. The summed E-state index contributed by atoms with van der Waals surface area (Å²) < 4.78 is 0. The molecule has 0 amide bonds. The summed E-state index contributed by atoms with van der Waals surface area (Å²) in [5.74, 6) is 0.815. The summed E-state index contributed by atoms with van der Waals surface area (Å²) in [7, 11) is 0. The van der Waals surface area contributed by atoms with Crippen LogP contribution >= 0.6 is 0 Å². The summed E-state index contributed by atoms with van der Waals surface area (Å²) in [6.45, 7) is 0. The molecule has 1 aromatic heterocycles. The number of hydrogen-bond donors (Lipinski definition) is 1. The molecular weight excluding hydrogens is 200 g/mol. The van der Waals surface area contributed by atoms with Crippen molar-refractivity contribution in [3.63, 3.8) is 0 Å². The van der Waals surface area contributed by atoms with Crippen molar-refractivity contribution >= 4 is 11.6 Å². The molecule has 1 aliphatic carbocycles. The fourth-order valence-electron chi connectivity index (χ4n) is 2.01. The van der Waals surface area contributed by atoms with Gasteiger partial charge in [-0.25, -0.2) is 4.98 Å². The molecule has 0 aromatic carbocycles. The largest absolute Gasteiger partial charge is 0.383 e. The van der Waals surface area contributed by atoms with E-state index in [2.05, 4.69) is 4.98 Å². The number of anilines is 1. The van der Waals surface area contributed by atoms with E-state index in [0.717, 1.165) is 31.2 Å². The second-order valence-electron chi connectivity index (χ2n) is 4.20. The van der Waals surface area contributed by atoms with Gasteiger partial charge in [0.2, 0.25) is 0 Å². The van der Waals surface area contributed by atoms with Crippen molar-refractivity contribution in [2.45, 2.75) is 32.1 Å². The van der Waals surface area contributed by atoms with Gasteiger partial charge in [0.25, 0.3) is 0 Å². The Kier molecular flexibility index (Phi) is 3.34. The summed E-state index contributed by atoms with van der Waals surface area (Å²) in [4.78, 5) is 15.5. The maximum Gasteiger partial charge on any atom is 0.155 e. The summed E-state index contributed by atoms with van der Waals surface area (Å²) in [6.07, 6.45) is 8.02. The highest BCUT2D eigenvalue weighted by Crippen LogP contribution is 2.21. The minimum absolute atomic E-state index is 0.245.